The molecular formula is C22H27N3O4. The minimum atomic E-state index is -0.215. The number of methoxy groups -OCH3 is 1. The molecule has 1 aliphatic heterocycles. The third kappa shape index (κ3) is 5.48. The second kappa shape index (κ2) is 9.93. The summed E-state index contributed by atoms with van der Waals surface area (Å²) in [5, 5.41) is 2.88. The van der Waals surface area contributed by atoms with Crippen molar-refractivity contribution >= 4 is 23.2 Å². The third-order valence-electron chi connectivity index (χ3n) is 4.85. The summed E-state index contributed by atoms with van der Waals surface area (Å²) in [6.45, 7) is 4.64. The second-order valence-corrected chi connectivity index (χ2v) is 6.82. The molecule has 0 radical (unpaired) electrons. The van der Waals surface area contributed by atoms with Gasteiger partial charge in [-0.3, -0.25) is 9.59 Å². The Bertz CT molecular complexity index is 832. The molecule has 1 heterocycles. The smallest absolute Gasteiger partial charge is 0.240 e. The summed E-state index contributed by atoms with van der Waals surface area (Å²) in [5.41, 5.74) is 2.64. The van der Waals surface area contributed by atoms with E-state index >= 15 is 0 Å². The van der Waals surface area contributed by atoms with E-state index in [1.54, 1.807) is 7.11 Å². The molecular weight excluding hydrogens is 370 g/mol. The Morgan fingerprint density at radius 2 is 1.79 bits per heavy atom. The van der Waals surface area contributed by atoms with E-state index < -0.39 is 0 Å². The summed E-state index contributed by atoms with van der Waals surface area (Å²) >= 11 is 0. The van der Waals surface area contributed by atoms with Gasteiger partial charge in [-0.05, 0) is 29.8 Å². The van der Waals surface area contributed by atoms with Gasteiger partial charge in [0.15, 0.2) is 0 Å². The second-order valence-electron chi connectivity index (χ2n) is 6.82. The number of hydrogen-bond donors (Lipinski definition) is 1. The van der Waals surface area contributed by atoms with Crippen molar-refractivity contribution in [3.05, 3.63) is 54.1 Å². The first-order valence-electron chi connectivity index (χ1n) is 9.68. The van der Waals surface area contributed by atoms with E-state index in [1.807, 2.05) is 48.5 Å². The van der Waals surface area contributed by atoms with Crippen molar-refractivity contribution in [2.45, 2.75) is 13.5 Å². The minimum Gasteiger partial charge on any atom is -0.497 e. The van der Waals surface area contributed by atoms with Crippen LogP contribution in [0.2, 0.25) is 0 Å². The number of anilines is 2. The normalized spacial score (nSPS) is 13.7. The van der Waals surface area contributed by atoms with Crippen LogP contribution in [0.5, 0.6) is 5.75 Å². The van der Waals surface area contributed by atoms with E-state index in [2.05, 4.69) is 10.2 Å². The summed E-state index contributed by atoms with van der Waals surface area (Å²) in [4.78, 5) is 28.6. The van der Waals surface area contributed by atoms with Gasteiger partial charge in [0.05, 0.1) is 31.7 Å². The molecule has 0 aliphatic carbocycles. The van der Waals surface area contributed by atoms with Crippen molar-refractivity contribution in [1.82, 2.24) is 5.32 Å². The molecule has 2 amide bonds. The van der Waals surface area contributed by atoms with Crippen LogP contribution in [-0.2, 0) is 20.9 Å². The largest absolute Gasteiger partial charge is 0.497 e. The van der Waals surface area contributed by atoms with Gasteiger partial charge in [0.1, 0.15) is 12.3 Å². The molecule has 3 rings (SSSR count). The van der Waals surface area contributed by atoms with Gasteiger partial charge in [0.25, 0.3) is 0 Å². The van der Waals surface area contributed by atoms with Gasteiger partial charge in [-0.1, -0.05) is 24.3 Å². The number of ether oxygens (including phenoxy) is 2. The molecule has 1 saturated heterocycles. The minimum absolute atomic E-state index is 0.0349. The van der Waals surface area contributed by atoms with Gasteiger partial charge in [0, 0.05) is 26.6 Å². The van der Waals surface area contributed by atoms with Gasteiger partial charge in [-0.2, -0.15) is 0 Å². The van der Waals surface area contributed by atoms with Crippen LogP contribution in [0.25, 0.3) is 0 Å². The zero-order chi connectivity index (χ0) is 20.6. The van der Waals surface area contributed by atoms with Crippen molar-refractivity contribution in [3.63, 3.8) is 0 Å². The van der Waals surface area contributed by atoms with E-state index in [4.69, 9.17) is 9.47 Å². The number of rotatable bonds is 7. The molecule has 1 N–H and O–H groups in total. The molecule has 0 spiro atoms. The molecule has 7 nitrogen and oxygen atoms in total. The zero-order valence-electron chi connectivity index (χ0n) is 16.9. The molecule has 154 valence electrons. The molecule has 1 aliphatic rings. The summed E-state index contributed by atoms with van der Waals surface area (Å²) in [7, 11) is 1.61. The lowest BCUT2D eigenvalue weighted by atomic mass is 10.2. The first kappa shape index (κ1) is 20.7. The number of hydrogen-bond acceptors (Lipinski definition) is 5. The summed E-state index contributed by atoms with van der Waals surface area (Å²) in [6, 6.07) is 15.2. The lowest BCUT2D eigenvalue weighted by Crippen LogP contribution is -2.42. The summed E-state index contributed by atoms with van der Waals surface area (Å²) in [5.74, 6) is 0.376. The Morgan fingerprint density at radius 3 is 2.45 bits per heavy atom. The van der Waals surface area contributed by atoms with Gasteiger partial charge < -0.3 is 24.6 Å². The molecule has 2 aromatic carbocycles. The van der Waals surface area contributed by atoms with Crippen LogP contribution in [0.3, 0.4) is 0 Å². The molecule has 0 saturated carbocycles. The fourth-order valence-corrected chi connectivity index (χ4v) is 3.27. The maximum Gasteiger partial charge on any atom is 0.240 e. The van der Waals surface area contributed by atoms with Crippen molar-refractivity contribution in [1.29, 1.82) is 0 Å². The van der Waals surface area contributed by atoms with Crippen LogP contribution >= 0.6 is 0 Å². The van der Waals surface area contributed by atoms with E-state index in [0.29, 0.717) is 19.8 Å². The van der Waals surface area contributed by atoms with Crippen LogP contribution < -0.4 is 19.9 Å². The average Bonchev–Trinajstić information content (AvgIpc) is 2.77. The van der Waals surface area contributed by atoms with Crippen molar-refractivity contribution in [2.75, 3.05) is 49.8 Å². The molecule has 0 atom stereocenters. The Labute approximate surface area is 171 Å². The number of carbonyl (C=O) groups is 2. The SMILES string of the molecule is COc1ccc(CNC(=O)CN(C(C)=O)c2ccccc2N2CCOCC2)cc1. The number of amides is 2. The number of morpholine rings is 1. The van der Waals surface area contributed by atoms with E-state index in [1.165, 1.54) is 11.8 Å². The third-order valence-corrected chi connectivity index (χ3v) is 4.85. The lowest BCUT2D eigenvalue weighted by Gasteiger charge is -2.33. The van der Waals surface area contributed by atoms with Crippen LogP contribution in [-0.4, -0.2) is 51.8 Å². The predicted molar refractivity (Wildman–Crippen MR) is 112 cm³/mol. The highest BCUT2D eigenvalue weighted by atomic mass is 16.5. The standard InChI is InChI=1S/C22H27N3O4/c1-17(26)25(16-22(27)23-15-18-7-9-19(28-2)10-8-18)21-6-4-3-5-20(21)24-11-13-29-14-12-24/h3-10H,11-16H2,1-2H3,(H,23,27). The first-order chi connectivity index (χ1) is 14.1. The molecule has 0 aromatic heterocycles. The Morgan fingerprint density at radius 1 is 1.10 bits per heavy atom. The number of nitrogens with zero attached hydrogens (tertiary/aromatic N) is 2. The monoisotopic (exact) mass is 397 g/mol. The van der Waals surface area contributed by atoms with E-state index in [9.17, 15) is 9.59 Å². The quantitative estimate of drug-likeness (QED) is 0.776. The Balaban J connectivity index is 1.68. The summed E-state index contributed by atoms with van der Waals surface area (Å²) in [6.07, 6.45) is 0. The van der Waals surface area contributed by atoms with Crippen molar-refractivity contribution < 1.29 is 19.1 Å². The van der Waals surface area contributed by atoms with Gasteiger partial charge in [-0.25, -0.2) is 0 Å². The zero-order valence-corrected chi connectivity index (χ0v) is 16.9. The number of nitrogens with one attached hydrogen (secondary N) is 1. The highest BCUT2D eigenvalue weighted by Crippen LogP contribution is 2.30. The number of benzene rings is 2. The molecule has 2 aromatic rings. The Kier molecular flexibility index (Phi) is 7.08. The highest BCUT2D eigenvalue weighted by molar-refractivity contribution is 6.00. The fourth-order valence-electron chi connectivity index (χ4n) is 3.27. The lowest BCUT2D eigenvalue weighted by molar-refractivity contribution is -0.123. The van der Waals surface area contributed by atoms with Crippen LogP contribution in [0, 0.1) is 0 Å². The van der Waals surface area contributed by atoms with Crippen molar-refractivity contribution in [2.24, 2.45) is 0 Å². The first-order valence-corrected chi connectivity index (χ1v) is 9.68. The number of para-hydroxylation sites is 2. The van der Waals surface area contributed by atoms with Gasteiger partial charge in [0.2, 0.25) is 11.8 Å². The van der Waals surface area contributed by atoms with E-state index in [-0.39, 0.29) is 18.4 Å². The highest BCUT2D eigenvalue weighted by Gasteiger charge is 2.22. The van der Waals surface area contributed by atoms with Gasteiger partial charge in [-0.15, -0.1) is 0 Å². The molecule has 29 heavy (non-hydrogen) atoms. The average molecular weight is 397 g/mol. The van der Waals surface area contributed by atoms with Crippen LogP contribution in [0.4, 0.5) is 11.4 Å². The molecule has 0 unspecified atom stereocenters. The Hall–Kier alpha value is -3.06. The molecule has 0 bridgehead atoms. The topological polar surface area (TPSA) is 71.1 Å². The van der Waals surface area contributed by atoms with Gasteiger partial charge >= 0.3 is 0 Å². The fraction of sp³-hybridized carbons (Fsp3) is 0.364. The maximum atomic E-state index is 12.6. The van der Waals surface area contributed by atoms with E-state index in [0.717, 1.165) is 35.8 Å². The summed E-state index contributed by atoms with van der Waals surface area (Å²) < 4.78 is 10.6. The number of carbonyl (C=O) groups excluding carboxylic acids is 2. The van der Waals surface area contributed by atoms with Crippen LogP contribution in [0.15, 0.2) is 48.5 Å². The molecule has 7 heteroatoms. The maximum absolute atomic E-state index is 12.6. The predicted octanol–water partition coefficient (Wildman–Crippen LogP) is 2.20. The molecule has 1 fully saturated rings. The van der Waals surface area contributed by atoms with Crippen LogP contribution in [0.1, 0.15) is 12.5 Å². The van der Waals surface area contributed by atoms with Crippen molar-refractivity contribution in [3.8, 4) is 5.75 Å².